The normalized spacial score (nSPS) is 15.3. The molecule has 100 valence electrons. The van der Waals surface area contributed by atoms with Gasteiger partial charge >= 0.3 is 0 Å². The largest absolute Gasteiger partial charge is 0.506 e. The summed E-state index contributed by atoms with van der Waals surface area (Å²) in [6, 6.07) is 7.12. The molecule has 0 spiro atoms. The van der Waals surface area contributed by atoms with Crippen LogP contribution in [-0.4, -0.2) is 16.0 Å². The second-order valence-electron chi connectivity index (χ2n) is 4.24. The number of hydrogen-bond acceptors (Lipinski definition) is 3. The van der Waals surface area contributed by atoms with E-state index < -0.39 is 0 Å². The van der Waals surface area contributed by atoms with Crippen molar-refractivity contribution in [3.05, 3.63) is 50.5 Å². The number of carbonyl (C=O) groups excluding carboxylic acids is 1. The molecule has 0 saturated heterocycles. The Bertz CT molecular complexity index is 734. The maximum atomic E-state index is 12.0. The Balaban J connectivity index is 2.11. The molecule has 1 aromatic carbocycles. The van der Waals surface area contributed by atoms with Crippen LogP contribution >= 0.6 is 31.9 Å². The molecular formula is C14H8Br2N2O2. The van der Waals surface area contributed by atoms with Crippen LogP contribution in [-0.2, 0) is 4.79 Å². The highest BCUT2D eigenvalue weighted by molar-refractivity contribution is 9.11. The van der Waals surface area contributed by atoms with Crippen molar-refractivity contribution in [1.82, 2.24) is 4.98 Å². The van der Waals surface area contributed by atoms with E-state index in [1.54, 1.807) is 30.5 Å². The van der Waals surface area contributed by atoms with E-state index in [4.69, 9.17) is 0 Å². The highest BCUT2D eigenvalue weighted by Gasteiger charge is 2.24. The van der Waals surface area contributed by atoms with Crippen LogP contribution in [0.4, 0.5) is 5.82 Å². The molecule has 1 aliphatic rings. The number of nitrogens with one attached hydrogen (secondary N) is 1. The number of carbonyl (C=O) groups is 1. The van der Waals surface area contributed by atoms with E-state index in [-0.39, 0.29) is 11.7 Å². The number of fused-ring (bicyclic) bond motifs is 1. The monoisotopic (exact) mass is 394 g/mol. The molecular weight excluding hydrogens is 388 g/mol. The first-order chi connectivity index (χ1) is 9.56. The Morgan fingerprint density at radius 2 is 1.95 bits per heavy atom. The van der Waals surface area contributed by atoms with Crippen molar-refractivity contribution >= 4 is 55.2 Å². The minimum Gasteiger partial charge on any atom is -0.506 e. The van der Waals surface area contributed by atoms with Crippen molar-refractivity contribution in [3.8, 4) is 5.75 Å². The zero-order valence-corrected chi connectivity index (χ0v) is 13.2. The molecule has 2 aromatic rings. The minimum absolute atomic E-state index is 0.130. The van der Waals surface area contributed by atoms with Gasteiger partial charge in [-0.15, -0.1) is 0 Å². The number of rotatable bonds is 1. The molecule has 0 aliphatic carbocycles. The SMILES string of the molecule is O=C1Nc2ncccc2/C1=C/c1cc(Br)c(O)c(Br)c1. The van der Waals surface area contributed by atoms with E-state index in [9.17, 15) is 9.90 Å². The zero-order valence-electron chi connectivity index (χ0n) is 10.0. The lowest BCUT2D eigenvalue weighted by Crippen LogP contribution is -2.04. The number of aromatic hydroxyl groups is 1. The van der Waals surface area contributed by atoms with Gasteiger partial charge in [-0.2, -0.15) is 0 Å². The van der Waals surface area contributed by atoms with E-state index in [0.29, 0.717) is 20.3 Å². The number of phenolic OH excluding ortho intramolecular Hbond substituents is 1. The number of anilines is 1. The van der Waals surface area contributed by atoms with Gasteiger partial charge in [-0.3, -0.25) is 4.79 Å². The summed E-state index contributed by atoms with van der Waals surface area (Å²) in [5.74, 6) is 0.518. The predicted octanol–water partition coefficient (Wildman–Crippen LogP) is 3.80. The summed E-state index contributed by atoms with van der Waals surface area (Å²) in [6.07, 6.45) is 3.40. The third kappa shape index (κ3) is 2.25. The number of aromatic nitrogens is 1. The van der Waals surface area contributed by atoms with Gasteiger partial charge in [0.25, 0.3) is 5.91 Å². The molecule has 3 rings (SSSR count). The van der Waals surface area contributed by atoms with Gasteiger partial charge in [0, 0.05) is 11.8 Å². The maximum Gasteiger partial charge on any atom is 0.257 e. The Morgan fingerprint density at radius 3 is 2.65 bits per heavy atom. The average molecular weight is 396 g/mol. The topological polar surface area (TPSA) is 62.2 Å². The second kappa shape index (κ2) is 5.03. The van der Waals surface area contributed by atoms with Crippen LogP contribution in [0.5, 0.6) is 5.75 Å². The number of phenols is 1. The summed E-state index contributed by atoms with van der Waals surface area (Å²) in [6.45, 7) is 0. The van der Waals surface area contributed by atoms with Crippen LogP contribution in [0.1, 0.15) is 11.1 Å². The second-order valence-corrected chi connectivity index (χ2v) is 5.95. The zero-order chi connectivity index (χ0) is 14.3. The van der Waals surface area contributed by atoms with E-state index in [2.05, 4.69) is 42.2 Å². The quantitative estimate of drug-likeness (QED) is 0.721. The van der Waals surface area contributed by atoms with Crippen molar-refractivity contribution in [2.45, 2.75) is 0 Å². The third-order valence-corrected chi connectivity index (χ3v) is 4.13. The minimum atomic E-state index is -0.181. The van der Waals surface area contributed by atoms with Crippen molar-refractivity contribution < 1.29 is 9.90 Å². The van der Waals surface area contributed by atoms with Gasteiger partial charge in [-0.25, -0.2) is 4.98 Å². The molecule has 0 atom stereocenters. The van der Waals surface area contributed by atoms with Gasteiger partial charge < -0.3 is 10.4 Å². The lowest BCUT2D eigenvalue weighted by Gasteiger charge is -2.03. The highest BCUT2D eigenvalue weighted by Crippen LogP contribution is 2.36. The van der Waals surface area contributed by atoms with E-state index in [0.717, 1.165) is 11.1 Å². The predicted molar refractivity (Wildman–Crippen MR) is 84.2 cm³/mol. The maximum absolute atomic E-state index is 12.0. The molecule has 2 heterocycles. The Kier molecular flexibility index (Phi) is 3.35. The Labute approximate surface area is 131 Å². The molecule has 20 heavy (non-hydrogen) atoms. The lowest BCUT2D eigenvalue weighted by molar-refractivity contribution is -0.110. The van der Waals surface area contributed by atoms with Crippen LogP contribution in [0, 0.1) is 0 Å². The van der Waals surface area contributed by atoms with Gasteiger partial charge in [0.05, 0.1) is 14.5 Å². The van der Waals surface area contributed by atoms with E-state index in [1.165, 1.54) is 0 Å². The summed E-state index contributed by atoms with van der Waals surface area (Å²) < 4.78 is 1.12. The summed E-state index contributed by atoms with van der Waals surface area (Å²) in [5, 5.41) is 12.4. The number of hydrogen-bond donors (Lipinski definition) is 2. The first kappa shape index (κ1) is 13.3. The molecule has 4 nitrogen and oxygen atoms in total. The summed E-state index contributed by atoms with van der Waals surface area (Å²) >= 11 is 6.54. The fraction of sp³-hybridized carbons (Fsp3) is 0. The summed E-state index contributed by atoms with van der Waals surface area (Å²) in [4.78, 5) is 16.1. The first-order valence-corrected chi connectivity index (χ1v) is 7.31. The van der Waals surface area contributed by atoms with Crippen molar-refractivity contribution in [2.75, 3.05) is 5.32 Å². The molecule has 1 aliphatic heterocycles. The molecule has 0 fully saturated rings. The van der Waals surface area contributed by atoms with Gasteiger partial charge in [0.2, 0.25) is 0 Å². The summed E-state index contributed by atoms with van der Waals surface area (Å²) in [7, 11) is 0. The van der Waals surface area contributed by atoms with Crippen LogP contribution in [0.25, 0.3) is 11.6 Å². The van der Waals surface area contributed by atoms with Gasteiger partial charge in [-0.05, 0) is 67.8 Å². The van der Waals surface area contributed by atoms with Crippen LogP contribution < -0.4 is 5.32 Å². The fourth-order valence-corrected chi connectivity index (χ4v) is 3.22. The number of benzene rings is 1. The molecule has 2 N–H and O–H groups in total. The lowest BCUT2D eigenvalue weighted by atomic mass is 10.1. The molecule has 0 unspecified atom stereocenters. The summed E-state index contributed by atoms with van der Waals surface area (Å²) in [5.41, 5.74) is 2.12. The molecule has 1 aromatic heterocycles. The molecule has 0 radical (unpaired) electrons. The third-order valence-electron chi connectivity index (χ3n) is 2.92. The van der Waals surface area contributed by atoms with Crippen molar-refractivity contribution in [1.29, 1.82) is 0 Å². The number of amides is 1. The van der Waals surface area contributed by atoms with E-state index >= 15 is 0 Å². The molecule has 0 saturated carbocycles. The Morgan fingerprint density at radius 1 is 1.25 bits per heavy atom. The fourth-order valence-electron chi connectivity index (χ4n) is 2.00. The smallest absolute Gasteiger partial charge is 0.257 e. The first-order valence-electron chi connectivity index (χ1n) is 5.72. The van der Waals surface area contributed by atoms with Crippen molar-refractivity contribution in [2.24, 2.45) is 0 Å². The number of pyridine rings is 1. The van der Waals surface area contributed by atoms with Crippen molar-refractivity contribution in [3.63, 3.8) is 0 Å². The van der Waals surface area contributed by atoms with Gasteiger partial charge in [0.1, 0.15) is 11.6 Å². The van der Waals surface area contributed by atoms with Crippen LogP contribution in [0.2, 0.25) is 0 Å². The van der Waals surface area contributed by atoms with Crippen LogP contribution in [0.3, 0.4) is 0 Å². The van der Waals surface area contributed by atoms with Crippen LogP contribution in [0.15, 0.2) is 39.4 Å². The standard InChI is InChI=1S/C14H8Br2N2O2/c15-10-5-7(6-11(16)12(10)19)4-9-8-2-1-3-17-13(8)18-14(9)20/h1-6,19H,(H,17,18,20)/b9-4-. The molecule has 6 heteroatoms. The highest BCUT2D eigenvalue weighted by atomic mass is 79.9. The number of nitrogens with zero attached hydrogens (tertiary/aromatic N) is 1. The molecule has 1 amide bonds. The van der Waals surface area contributed by atoms with Gasteiger partial charge in [0.15, 0.2) is 0 Å². The number of halogens is 2. The van der Waals surface area contributed by atoms with E-state index in [1.807, 2.05) is 6.07 Å². The van der Waals surface area contributed by atoms with Gasteiger partial charge in [-0.1, -0.05) is 0 Å². The Hall–Kier alpha value is -1.66. The average Bonchev–Trinajstić information content (AvgIpc) is 2.73. The molecule has 0 bridgehead atoms.